The number of hydrogen-bond acceptors (Lipinski definition) is 3. The van der Waals surface area contributed by atoms with Gasteiger partial charge in [0, 0.05) is 22.2 Å². The molecule has 1 aromatic heterocycles. The highest BCUT2D eigenvalue weighted by Crippen LogP contribution is 2.22. The summed E-state index contributed by atoms with van der Waals surface area (Å²) in [6.07, 6.45) is 1.44. The summed E-state index contributed by atoms with van der Waals surface area (Å²) in [5, 5.41) is 3.01. The molecule has 0 radical (unpaired) electrons. The lowest BCUT2D eigenvalue weighted by Gasteiger charge is -2.27. The van der Waals surface area contributed by atoms with Gasteiger partial charge in [-0.2, -0.15) is 0 Å². The summed E-state index contributed by atoms with van der Waals surface area (Å²) >= 11 is 6.77. The lowest BCUT2D eigenvalue weighted by Crippen LogP contribution is -2.49. The Balaban J connectivity index is 2.63. The van der Waals surface area contributed by atoms with Gasteiger partial charge in [-0.3, -0.25) is 4.79 Å². The molecule has 1 rings (SSSR count). The SMILES string of the molecule is CCC(C)(C(=O)NC(C)Cc1ccc(C)s1)C(N)=S. The number of rotatable bonds is 6. The maximum atomic E-state index is 12.3. The quantitative estimate of drug-likeness (QED) is 0.794. The fraction of sp³-hybridized carbons (Fsp3) is 0.571. The van der Waals surface area contributed by atoms with E-state index in [4.69, 9.17) is 18.0 Å². The van der Waals surface area contributed by atoms with Crippen molar-refractivity contribution >= 4 is 34.5 Å². The Bertz CT molecular complexity index is 470. The topological polar surface area (TPSA) is 55.1 Å². The van der Waals surface area contributed by atoms with Crippen LogP contribution in [-0.2, 0) is 11.2 Å². The highest BCUT2D eigenvalue weighted by Gasteiger charge is 2.35. The second-order valence-electron chi connectivity index (χ2n) is 5.14. The van der Waals surface area contributed by atoms with Gasteiger partial charge >= 0.3 is 0 Å². The van der Waals surface area contributed by atoms with E-state index in [-0.39, 0.29) is 16.9 Å². The second-order valence-corrected chi connectivity index (χ2v) is 6.95. The standard InChI is InChI=1S/C14H22N2OS2/c1-5-14(4,12(15)18)13(17)16-9(2)8-11-7-6-10(3)19-11/h6-7,9H,5,8H2,1-4H3,(H2,15,18)(H,16,17). The van der Waals surface area contributed by atoms with Gasteiger partial charge in [0.15, 0.2) is 0 Å². The van der Waals surface area contributed by atoms with E-state index < -0.39 is 5.41 Å². The van der Waals surface area contributed by atoms with E-state index in [9.17, 15) is 4.79 Å². The van der Waals surface area contributed by atoms with Gasteiger partial charge in [0.2, 0.25) is 5.91 Å². The van der Waals surface area contributed by atoms with Crippen LogP contribution in [0.2, 0.25) is 0 Å². The fourth-order valence-electron chi connectivity index (χ4n) is 1.78. The number of nitrogens with two attached hydrogens (primary N) is 1. The van der Waals surface area contributed by atoms with Crippen molar-refractivity contribution in [1.82, 2.24) is 5.32 Å². The van der Waals surface area contributed by atoms with E-state index in [2.05, 4.69) is 24.4 Å². The van der Waals surface area contributed by atoms with Crippen LogP contribution in [0.25, 0.3) is 0 Å². The van der Waals surface area contributed by atoms with Gasteiger partial charge in [0.1, 0.15) is 0 Å². The van der Waals surface area contributed by atoms with Gasteiger partial charge in [0.25, 0.3) is 0 Å². The van der Waals surface area contributed by atoms with Crippen molar-refractivity contribution in [3.63, 3.8) is 0 Å². The Labute approximate surface area is 124 Å². The van der Waals surface area contributed by atoms with Crippen LogP contribution in [0.15, 0.2) is 12.1 Å². The third-order valence-corrected chi connectivity index (χ3v) is 4.91. The number of carbonyl (C=O) groups is 1. The van der Waals surface area contributed by atoms with Crippen LogP contribution in [0, 0.1) is 12.3 Å². The zero-order valence-electron chi connectivity index (χ0n) is 11.9. The predicted octanol–water partition coefficient (Wildman–Crippen LogP) is 2.81. The average Bonchev–Trinajstić information content (AvgIpc) is 2.72. The Morgan fingerprint density at radius 1 is 1.58 bits per heavy atom. The molecule has 106 valence electrons. The molecule has 0 aliphatic heterocycles. The number of nitrogens with one attached hydrogen (secondary N) is 1. The molecule has 3 nitrogen and oxygen atoms in total. The molecule has 0 saturated heterocycles. The molecule has 0 bridgehead atoms. The first-order valence-electron chi connectivity index (χ1n) is 6.45. The first kappa shape index (κ1) is 16.1. The second kappa shape index (κ2) is 6.48. The number of aryl methyl sites for hydroxylation is 1. The lowest BCUT2D eigenvalue weighted by molar-refractivity contribution is -0.127. The molecule has 2 unspecified atom stereocenters. The molecule has 1 aromatic rings. The van der Waals surface area contributed by atoms with Crippen LogP contribution in [0.1, 0.15) is 36.9 Å². The molecule has 0 fully saturated rings. The van der Waals surface area contributed by atoms with Crippen molar-refractivity contribution < 1.29 is 4.79 Å². The van der Waals surface area contributed by atoms with Crippen LogP contribution in [0.5, 0.6) is 0 Å². The molecule has 19 heavy (non-hydrogen) atoms. The molecule has 0 aromatic carbocycles. The molecule has 0 spiro atoms. The molecule has 1 heterocycles. The number of thiocarbonyl (C=S) groups is 1. The number of carbonyl (C=O) groups excluding carboxylic acids is 1. The third kappa shape index (κ3) is 4.01. The smallest absolute Gasteiger partial charge is 0.232 e. The predicted molar refractivity (Wildman–Crippen MR) is 85.5 cm³/mol. The van der Waals surface area contributed by atoms with Gasteiger partial charge in [0.05, 0.1) is 10.4 Å². The van der Waals surface area contributed by atoms with E-state index in [1.165, 1.54) is 9.75 Å². The van der Waals surface area contributed by atoms with Gasteiger partial charge in [-0.05, 0) is 39.3 Å². The van der Waals surface area contributed by atoms with Crippen molar-refractivity contribution in [3.05, 3.63) is 21.9 Å². The molecule has 0 saturated carbocycles. The zero-order valence-corrected chi connectivity index (χ0v) is 13.6. The molecule has 2 atom stereocenters. The van der Waals surface area contributed by atoms with Crippen molar-refractivity contribution in [3.8, 4) is 0 Å². The minimum Gasteiger partial charge on any atom is -0.392 e. The summed E-state index contributed by atoms with van der Waals surface area (Å²) in [5.41, 5.74) is 4.93. The molecule has 0 aliphatic rings. The Morgan fingerprint density at radius 2 is 2.21 bits per heavy atom. The molecular formula is C14H22N2OS2. The molecular weight excluding hydrogens is 276 g/mol. The van der Waals surface area contributed by atoms with Crippen molar-refractivity contribution in [2.45, 2.75) is 46.6 Å². The van der Waals surface area contributed by atoms with E-state index in [0.717, 1.165) is 6.42 Å². The Morgan fingerprint density at radius 3 is 2.63 bits per heavy atom. The van der Waals surface area contributed by atoms with Crippen molar-refractivity contribution in [2.75, 3.05) is 0 Å². The molecule has 5 heteroatoms. The first-order chi connectivity index (χ1) is 8.79. The van der Waals surface area contributed by atoms with Gasteiger partial charge < -0.3 is 11.1 Å². The minimum atomic E-state index is -0.755. The number of hydrogen-bond donors (Lipinski definition) is 2. The van der Waals surface area contributed by atoms with Gasteiger partial charge in [-0.1, -0.05) is 19.1 Å². The number of thiophene rings is 1. The van der Waals surface area contributed by atoms with Crippen LogP contribution in [0.4, 0.5) is 0 Å². The van der Waals surface area contributed by atoms with E-state index in [0.29, 0.717) is 6.42 Å². The Hall–Kier alpha value is -0.940. The van der Waals surface area contributed by atoms with E-state index in [1.54, 1.807) is 18.3 Å². The highest BCUT2D eigenvalue weighted by molar-refractivity contribution is 7.80. The van der Waals surface area contributed by atoms with Crippen LogP contribution < -0.4 is 11.1 Å². The van der Waals surface area contributed by atoms with E-state index >= 15 is 0 Å². The summed E-state index contributed by atoms with van der Waals surface area (Å²) < 4.78 is 0. The summed E-state index contributed by atoms with van der Waals surface area (Å²) in [6.45, 7) is 7.81. The number of amides is 1. The van der Waals surface area contributed by atoms with Gasteiger partial charge in [-0.25, -0.2) is 0 Å². The first-order valence-corrected chi connectivity index (χ1v) is 7.68. The monoisotopic (exact) mass is 298 g/mol. The van der Waals surface area contributed by atoms with Crippen molar-refractivity contribution in [1.29, 1.82) is 0 Å². The maximum Gasteiger partial charge on any atom is 0.232 e. The summed E-state index contributed by atoms with van der Waals surface area (Å²) in [7, 11) is 0. The average molecular weight is 298 g/mol. The fourth-order valence-corrected chi connectivity index (χ4v) is 3.03. The molecule has 1 amide bonds. The third-order valence-electron chi connectivity index (χ3n) is 3.43. The zero-order chi connectivity index (χ0) is 14.6. The largest absolute Gasteiger partial charge is 0.392 e. The minimum absolute atomic E-state index is 0.0748. The molecule has 3 N–H and O–H groups in total. The van der Waals surface area contributed by atoms with Gasteiger partial charge in [-0.15, -0.1) is 11.3 Å². The Kier molecular flexibility index (Phi) is 5.50. The van der Waals surface area contributed by atoms with Crippen LogP contribution >= 0.6 is 23.6 Å². The van der Waals surface area contributed by atoms with E-state index in [1.807, 2.05) is 13.8 Å². The normalized spacial score (nSPS) is 15.6. The summed E-state index contributed by atoms with van der Waals surface area (Å²) in [6, 6.07) is 4.28. The molecule has 0 aliphatic carbocycles. The highest BCUT2D eigenvalue weighted by atomic mass is 32.1. The lowest BCUT2D eigenvalue weighted by atomic mass is 9.86. The van der Waals surface area contributed by atoms with Crippen molar-refractivity contribution in [2.24, 2.45) is 11.1 Å². The van der Waals surface area contributed by atoms with Crippen LogP contribution in [0.3, 0.4) is 0 Å². The summed E-state index contributed by atoms with van der Waals surface area (Å²) in [5.74, 6) is -0.0803. The van der Waals surface area contributed by atoms with Crippen LogP contribution in [-0.4, -0.2) is 16.9 Å². The maximum absolute atomic E-state index is 12.3. The summed E-state index contributed by atoms with van der Waals surface area (Å²) in [4.78, 5) is 15.1.